The molecule has 2 heterocycles. The second-order valence-electron chi connectivity index (χ2n) is 6.38. The van der Waals surface area contributed by atoms with Crippen LogP contribution in [0.4, 0.5) is 0 Å². The summed E-state index contributed by atoms with van der Waals surface area (Å²) in [6.45, 7) is 1.81. The first-order chi connectivity index (χ1) is 13.0. The predicted octanol–water partition coefficient (Wildman–Crippen LogP) is 1.88. The third-order valence-electron chi connectivity index (χ3n) is 4.62. The molecule has 1 saturated heterocycles. The van der Waals surface area contributed by atoms with Gasteiger partial charge in [-0.1, -0.05) is 35.4 Å². The third kappa shape index (κ3) is 3.74. The standard InChI is InChI=1S/C18H20N4O5/c1-11(23)15-13-9-14(26-8-7-20-21-19)16(22(13)17(15)24)18(25)27-10-12-5-3-2-4-6-12/h2-6,11,13,15,23H,7-10H2,1H3. The molecule has 0 radical (unpaired) electrons. The summed E-state index contributed by atoms with van der Waals surface area (Å²) in [7, 11) is 0. The number of hydrogen-bond donors (Lipinski definition) is 1. The molecule has 0 aliphatic carbocycles. The van der Waals surface area contributed by atoms with Crippen LogP contribution in [0, 0.1) is 5.92 Å². The van der Waals surface area contributed by atoms with Crippen molar-refractivity contribution < 1.29 is 24.2 Å². The number of aliphatic hydroxyl groups is 1. The molecule has 0 bridgehead atoms. The van der Waals surface area contributed by atoms with Gasteiger partial charge >= 0.3 is 5.97 Å². The van der Waals surface area contributed by atoms with E-state index in [0.717, 1.165) is 5.56 Å². The number of ether oxygens (including phenoxy) is 2. The molecule has 3 atom stereocenters. The number of carbonyl (C=O) groups is 2. The molecule has 2 aliphatic rings. The summed E-state index contributed by atoms with van der Waals surface area (Å²) in [5, 5.41) is 13.2. The van der Waals surface area contributed by atoms with E-state index < -0.39 is 18.0 Å². The van der Waals surface area contributed by atoms with Gasteiger partial charge in [0.1, 0.15) is 12.4 Å². The van der Waals surface area contributed by atoms with E-state index in [1.54, 1.807) is 6.92 Å². The highest BCUT2D eigenvalue weighted by Gasteiger charge is 2.57. The van der Waals surface area contributed by atoms with Crippen LogP contribution in [0.1, 0.15) is 18.9 Å². The first kappa shape index (κ1) is 18.8. The van der Waals surface area contributed by atoms with Crippen molar-refractivity contribution in [3.05, 3.63) is 57.8 Å². The average molecular weight is 372 g/mol. The zero-order valence-corrected chi connectivity index (χ0v) is 14.8. The van der Waals surface area contributed by atoms with Gasteiger partial charge in [-0.25, -0.2) is 4.79 Å². The van der Waals surface area contributed by atoms with Crippen LogP contribution >= 0.6 is 0 Å². The Balaban J connectivity index is 1.74. The van der Waals surface area contributed by atoms with E-state index in [-0.39, 0.29) is 37.4 Å². The highest BCUT2D eigenvalue weighted by atomic mass is 16.5. The molecule has 0 aromatic heterocycles. The molecule has 1 fully saturated rings. The number of carbonyl (C=O) groups excluding carboxylic acids is 2. The number of aliphatic hydroxyl groups excluding tert-OH is 1. The summed E-state index contributed by atoms with van der Waals surface area (Å²) in [5.41, 5.74) is 9.23. The smallest absolute Gasteiger partial charge is 0.358 e. The number of nitrogens with zero attached hydrogens (tertiary/aromatic N) is 4. The normalized spacial score (nSPS) is 21.9. The lowest BCUT2D eigenvalue weighted by molar-refractivity contribution is -0.162. The Bertz CT molecular complexity index is 801. The second kappa shape index (κ2) is 8.11. The number of rotatable bonds is 8. The number of azide groups is 1. The van der Waals surface area contributed by atoms with Gasteiger partial charge in [0.05, 0.1) is 31.2 Å². The molecular weight excluding hydrogens is 352 g/mol. The fourth-order valence-corrected chi connectivity index (χ4v) is 3.40. The first-order valence-corrected chi connectivity index (χ1v) is 8.63. The van der Waals surface area contributed by atoms with Crippen LogP contribution in [0.15, 0.2) is 46.9 Å². The zero-order valence-electron chi connectivity index (χ0n) is 14.8. The molecule has 1 N–H and O–H groups in total. The van der Waals surface area contributed by atoms with E-state index in [1.165, 1.54) is 4.90 Å². The molecule has 142 valence electrons. The van der Waals surface area contributed by atoms with E-state index in [1.807, 2.05) is 30.3 Å². The lowest BCUT2D eigenvalue weighted by Crippen LogP contribution is -2.61. The Morgan fingerprint density at radius 1 is 1.44 bits per heavy atom. The number of esters is 1. The van der Waals surface area contributed by atoms with E-state index in [0.29, 0.717) is 12.2 Å². The topological polar surface area (TPSA) is 125 Å². The fourth-order valence-electron chi connectivity index (χ4n) is 3.40. The largest absolute Gasteiger partial charge is 0.495 e. The summed E-state index contributed by atoms with van der Waals surface area (Å²) < 4.78 is 10.9. The van der Waals surface area contributed by atoms with E-state index in [2.05, 4.69) is 10.0 Å². The molecule has 27 heavy (non-hydrogen) atoms. The van der Waals surface area contributed by atoms with Crippen molar-refractivity contribution in [2.45, 2.75) is 32.1 Å². The van der Waals surface area contributed by atoms with E-state index >= 15 is 0 Å². The minimum absolute atomic E-state index is 0.0683. The molecular formula is C18H20N4O5. The Morgan fingerprint density at radius 2 is 2.19 bits per heavy atom. The zero-order chi connectivity index (χ0) is 19.4. The molecule has 1 aromatic carbocycles. The maximum Gasteiger partial charge on any atom is 0.358 e. The van der Waals surface area contributed by atoms with Gasteiger partial charge < -0.3 is 14.6 Å². The molecule has 3 rings (SSSR count). The van der Waals surface area contributed by atoms with Crippen LogP contribution < -0.4 is 0 Å². The lowest BCUT2D eigenvalue weighted by atomic mass is 9.83. The van der Waals surface area contributed by atoms with Gasteiger partial charge in [0.2, 0.25) is 5.91 Å². The maximum absolute atomic E-state index is 12.6. The molecule has 9 heteroatoms. The van der Waals surface area contributed by atoms with E-state index in [9.17, 15) is 14.7 Å². The predicted molar refractivity (Wildman–Crippen MR) is 93.7 cm³/mol. The number of amides is 1. The molecule has 0 spiro atoms. The molecule has 1 amide bonds. The van der Waals surface area contributed by atoms with Crippen LogP contribution in [0.25, 0.3) is 10.4 Å². The van der Waals surface area contributed by atoms with Crippen LogP contribution in [0.3, 0.4) is 0 Å². The van der Waals surface area contributed by atoms with Crippen molar-refractivity contribution in [1.29, 1.82) is 0 Å². The first-order valence-electron chi connectivity index (χ1n) is 8.63. The van der Waals surface area contributed by atoms with Gasteiger partial charge in [-0.2, -0.15) is 0 Å². The van der Waals surface area contributed by atoms with Crippen molar-refractivity contribution in [2.24, 2.45) is 11.0 Å². The molecule has 9 nitrogen and oxygen atoms in total. The summed E-state index contributed by atoms with van der Waals surface area (Å²) in [5.74, 6) is -1.23. The minimum Gasteiger partial charge on any atom is -0.495 e. The highest BCUT2D eigenvalue weighted by molar-refractivity contribution is 6.00. The quantitative estimate of drug-likeness (QED) is 0.186. The summed E-state index contributed by atoms with van der Waals surface area (Å²) in [6, 6.07) is 8.87. The van der Waals surface area contributed by atoms with Crippen LogP contribution in [-0.4, -0.2) is 47.2 Å². The fraction of sp³-hybridized carbons (Fsp3) is 0.444. The Labute approximate surface area is 155 Å². The SMILES string of the molecule is CC(O)C1C(=O)N2C(C(=O)OCc3ccccc3)=C(OCCN=[N+]=[N-])CC12. The van der Waals surface area contributed by atoms with Gasteiger partial charge in [-0.3, -0.25) is 9.69 Å². The Hall–Kier alpha value is -3.03. The number of fused-ring (bicyclic) bond motifs is 1. The van der Waals surface area contributed by atoms with Crippen molar-refractivity contribution >= 4 is 11.9 Å². The van der Waals surface area contributed by atoms with Crippen molar-refractivity contribution in [1.82, 2.24) is 4.90 Å². The Kier molecular flexibility index (Phi) is 5.63. The van der Waals surface area contributed by atoms with Crippen LogP contribution in [-0.2, 0) is 25.7 Å². The molecule has 3 unspecified atom stereocenters. The highest BCUT2D eigenvalue weighted by Crippen LogP contribution is 2.44. The van der Waals surface area contributed by atoms with E-state index in [4.69, 9.17) is 15.0 Å². The number of β-lactam (4-membered cyclic amide) rings is 1. The van der Waals surface area contributed by atoms with Crippen molar-refractivity contribution in [3.63, 3.8) is 0 Å². The minimum atomic E-state index is -0.817. The van der Waals surface area contributed by atoms with Crippen molar-refractivity contribution in [3.8, 4) is 0 Å². The second-order valence-corrected chi connectivity index (χ2v) is 6.38. The van der Waals surface area contributed by atoms with Gasteiger partial charge in [-0.05, 0) is 18.0 Å². The number of hydrogen-bond acceptors (Lipinski definition) is 6. The summed E-state index contributed by atoms with van der Waals surface area (Å²) in [6.07, 6.45) is -0.504. The molecule has 1 aromatic rings. The van der Waals surface area contributed by atoms with Gasteiger partial charge in [-0.15, -0.1) is 0 Å². The molecule has 0 saturated carbocycles. The summed E-state index contributed by atoms with van der Waals surface area (Å²) in [4.78, 5) is 29.0. The average Bonchev–Trinajstić information content (AvgIpc) is 2.98. The van der Waals surface area contributed by atoms with Crippen molar-refractivity contribution in [2.75, 3.05) is 13.2 Å². The van der Waals surface area contributed by atoms with Crippen LogP contribution in [0.2, 0.25) is 0 Å². The third-order valence-corrected chi connectivity index (χ3v) is 4.62. The summed E-state index contributed by atoms with van der Waals surface area (Å²) >= 11 is 0. The monoisotopic (exact) mass is 372 g/mol. The lowest BCUT2D eigenvalue weighted by Gasteiger charge is -2.44. The van der Waals surface area contributed by atoms with Crippen LogP contribution in [0.5, 0.6) is 0 Å². The maximum atomic E-state index is 12.6. The molecule has 2 aliphatic heterocycles. The Morgan fingerprint density at radius 3 is 2.85 bits per heavy atom. The van der Waals surface area contributed by atoms with Gasteiger partial charge in [0, 0.05) is 11.3 Å². The van der Waals surface area contributed by atoms with Gasteiger partial charge in [0.15, 0.2) is 5.70 Å². The van der Waals surface area contributed by atoms with Gasteiger partial charge in [0.25, 0.3) is 0 Å². The number of benzene rings is 1.